The molecule has 0 unspecified atom stereocenters. The molecular weight excluding hydrogens is 360 g/mol. The van der Waals surface area contributed by atoms with Crippen molar-refractivity contribution in [2.24, 2.45) is 0 Å². The molecule has 0 spiro atoms. The van der Waals surface area contributed by atoms with Gasteiger partial charge in [0.25, 0.3) is 5.91 Å². The number of unbranched alkanes of at least 4 members (excludes halogenated alkanes) is 1. The van der Waals surface area contributed by atoms with Crippen LogP contribution in [0.3, 0.4) is 0 Å². The van der Waals surface area contributed by atoms with Gasteiger partial charge in [-0.3, -0.25) is 10.1 Å². The first-order chi connectivity index (χ1) is 13.2. The van der Waals surface area contributed by atoms with Gasteiger partial charge in [0.15, 0.2) is 5.11 Å². The van der Waals surface area contributed by atoms with Crippen LogP contribution in [0.1, 0.15) is 30.1 Å². The third kappa shape index (κ3) is 6.42. The number of amides is 1. The summed E-state index contributed by atoms with van der Waals surface area (Å²) >= 11 is 5.27. The van der Waals surface area contributed by atoms with Gasteiger partial charge in [-0.25, -0.2) is 0 Å². The Labute approximate surface area is 165 Å². The molecule has 2 aromatic rings. The first kappa shape index (κ1) is 20.5. The van der Waals surface area contributed by atoms with E-state index in [1.807, 2.05) is 30.3 Å². The molecule has 27 heavy (non-hydrogen) atoms. The van der Waals surface area contributed by atoms with Gasteiger partial charge in [0.05, 0.1) is 17.9 Å². The van der Waals surface area contributed by atoms with Gasteiger partial charge in [0.2, 0.25) is 0 Å². The van der Waals surface area contributed by atoms with Crippen LogP contribution in [0.4, 0.5) is 5.69 Å². The summed E-state index contributed by atoms with van der Waals surface area (Å²) in [5.41, 5.74) is 1.10. The van der Waals surface area contributed by atoms with Crippen molar-refractivity contribution >= 4 is 28.9 Å². The molecule has 142 valence electrons. The Morgan fingerprint density at radius 3 is 2.56 bits per heavy atom. The topological polar surface area (TPSA) is 59.6 Å². The lowest BCUT2D eigenvalue weighted by atomic mass is 10.2. The molecule has 1 amide bonds. The van der Waals surface area contributed by atoms with Crippen LogP contribution < -0.4 is 20.1 Å². The highest BCUT2D eigenvalue weighted by molar-refractivity contribution is 7.80. The van der Waals surface area contributed by atoms with Gasteiger partial charge in [-0.05, 0) is 42.9 Å². The molecule has 0 aliphatic carbocycles. The maximum Gasteiger partial charge on any atom is 0.261 e. The smallest absolute Gasteiger partial charge is 0.261 e. The molecule has 5 nitrogen and oxygen atoms in total. The number of hydrogen-bond donors (Lipinski definition) is 2. The molecule has 0 radical (unpaired) electrons. The maximum absolute atomic E-state index is 12.6. The zero-order valence-electron chi connectivity index (χ0n) is 15.4. The molecule has 0 aromatic heterocycles. The summed E-state index contributed by atoms with van der Waals surface area (Å²) in [6, 6.07) is 14.4. The van der Waals surface area contributed by atoms with E-state index < -0.39 is 0 Å². The number of para-hydroxylation sites is 3. The molecule has 0 fully saturated rings. The summed E-state index contributed by atoms with van der Waals surface area (Å²) in [6.45, 7) is 6.66. The summed E-state index contributed by atoms with van der Waals surface area (Å²) in [7, 11) is 0. The van der Waals surface area contributed by atoms with E-state index in [1.165, 1.54) is 0 Å². The van der Waals surface area contributed by atoms with E-state index in [0.29, 0.717) is 36.0 Å². The van der Waals surface area contributed by atoms with E-state index in [9.17, 15) is 4.79 Å². The number of benzene rings is 2. The number of hydrogen-bond acceptors (Lipinski definition) is 4. The minimum atomic E-state index is -0.330. The summed E-state index contributed by atoms with van der Waals surface area (Å²) in [5, 5.41) is 5.85. The lowest BCUT2D eigenvalue weighted by Gasteiger charge is -2.15. The van der Waals surface area contributed by atoms with Gasteiger partial charge in [-0.2, -0.15) is 0 Å². The summed E-state index contributed by atoms with van der Waals surface area (Å²) < 4.78 is 11.3. The van der Waals surface area contributed by atoms with Crippen molar-refractivity contribution in [2.45, 2.75) is 19.8 Å². The predicted octanol–water partition coefficient (Wildman–Crippen LogP) is 4.56. The van der Waals surface area contributed by atoms with E-state index >= 15 is 0 Å². The molecule has 2 N–H and O–H groups in total. The van der Waals surface area contributed by atoms with Crippen LogP contribution in [0.15, 0.2) is 61.2 Å². The van der Waals surface area contributed by atoms with Crippen molar-refractivity contribution in [3.63, 3.8) is 0 Å². The van der Waals surface area contributed by atoms with Crippen LogP contribution in [-0.2, 0) is 0 Å². The van der Waals surface area contributed by atoms with Gasteiger partial charge < -0.3 is 14.8 Å². The Balaban J connectivity index is 2.02. The SMILES string of the molecule is C=CCOc1ccccc1NC(=S)NC(=O)c1ccccc1OCCCC. The molecule has 0 saturated carbocycles. The van der Waals surface area contributed by atoms with Gasteiger partial charge in [-0.15, -0.1) is 0 Å². The molecular formula is C21H24N2O3S. The Morgan fingerprint density at radius 2 is 1.81 bits per heavy atom. The number of nitrogens with one attached hydrogen (secondary N) is 2. The van der Waals surface area contributed by atoms with Gasteiger partial charge in [0.1, 0.15) is 18.1 Å². The van der Waals surface area contributed by atoms with Crippen molar-refractivity contribution in [2.75, 3.05) is 18.5 Å². The third-order valence-electron chi connectivity index (χ3n) is 3.61. The van der Waals surface area contributed by atoms with Gasteiger partial charge in [0, 0.05) is 0 Å². The molecule has 0 bridgehead atoms. The van der Waals surface area contributed by atoms with Crippen molar-refractivity contribution in [1.29, 1.82) is 0 Å². The number of carbonyl (C=O) groups is 1. The van der Waals surface area contributed by atoms with Crippen LogP contribution in [0, 0.1) is 0 Å². The molecule has 0 saturated heterocycles. The second-order valence-corrected chi connectivity index (χ2v) is 6.11. The van der Waals surface area contributed by atoms with Crippen molar-refractivity contribution in [3.8, 4) is 11.5 Å². The van der Waals surface area contributed by atoms with Gasteiger partial charge in [-0.1, -0.05) is 50.3 Å². The fraction of sp³-hybridized carbons (Fsp3) is 0.238. The van der Waals surface area contributed by atoms with E-state index in [0.717, 1.165) is 12.8 Å². The lowest BCUT2D eigenvalue weighted by Crippen LogP contribution is -2.34. The molecule has 0 aliphatic rings. The predicted molar refractivity (Wildman–Crippen MR) is 113 cm³/mol. The maximum atomic E-state index is 12.6. The Hall–Kier alpha value is -2.86. The highest BCUT2D eigenvalue weighted by Crippen LogP contribution is 2.24. The highest BCUT2D eigenvalue weighted by atomic mass is 32.1. The number of ether oxygens (including phenoxy) is 2. The summed E-state index contributed by atoms with van der Waals surface area (Å²) in [6.07, 6.45) is 3.61. The first-order valence-corrected chi connectivity index (χ1v) is 9.23. The van der Waals surface area contributed by atoms with Crippen LogP contribution in [0.2, 0.25) is 0 Å². The molecule has 6 heteroatoms. The van der Waals surface area contributed by atoms with Crippen molar-refractivity contribution in [3.05, 3.63) is 66.7 Å². The number of rotatable bonds is 9. The second-order valence-electron chi connectivity index (χ2n) is 5.70. The fourth-order valence-electron chi connectivity index (χ4n) is 2.28. The average molecular weight is 385 g/mol. The molecule has 0 aliphatic heterocycles. The van der Waals surface area contributed by atoms with Crippen LogP contribution in [0.5, 0.6) is 11.5 Å². The summed E-state index contributed by atoms with van der Waals surface area (Å²) in [5.74, 6) is 0.836. The number of anilines is 1. The largest absolute Gasteiger partial charge is 0.493 e. The Morgan fingerprint density at radius 1 is 1.11 bits per heavy atom. The van der Waals surface area contributed by atoms with Crippen molar-refractivity contribution in [1.82, 2.24) is 5.32 Å². The standard InChI is InChI=1S/C21H24N2O3S/c1-3-5-15-26-18-12-8-6-10-16(18)20(24)23-21(27)22-17-11-7-9-13-19(17)25-14-4-2/h4,6-13H,2-3,5,14-15H2,1H3,(H2,22,23,24,27). The molecule has 2 rings (SSSR count). The Bertz CT molecular complexity index is 793. The molecule has 0 atom stereocenters. The average Bonchev–Trinajstić information content (AvgIpc) is 2.67. The zero-order valence-corrected chi connectivity index (χ0v) is 16.2. The summed E-state index contributed by atoms with van der Waals surface area (Å²) in [4.78, 5) is 12.6. The fourth-order valence-corrected chi connectivity index (χ4v) is 2.48. The minimum Gasteiger partial charge on any atom is -0.493 e. The van der Waals surface area contributed by atoms with Crippen LogP contribution in [-0.4, -0.2) is 24.2 Å². The third-order valence-corrected chi connectivity index (χ3v) is 3.81. The van der Waals surface area contributed by atoms with Crippen LogP contribution in [0.25, 0.3) is 0 Å². The first-order valence-electron chi connectivity index (χ1n) is 8.82. The minimum absolute atomic E-state index is 0.179. The number of carbonyl (C=O) groups excluding carboxylic acids is 1. The lowest BCUT2D eigenvalue weighted by molar-refractivity contribution is 0.0973. The van der Waals surface area contributed by atoms with Gasteiger partial charge >= 0.3 is 0 Å². The number of thiocarbonyl (C=S) groups is 1. The van der Waals surface area contributed by atoms with E-state index in [2.05, 4.69) is 24.1 Å². The van der Waals surface area contributed by atoms with E-state index in [4.69, 9.17) is 21.7 Å². The normalized spacial score (nSPS) is 9.96. The van der Waals surface area contributed by atoms with E-state index in [1.54, 1.807) is 24.3 Å². The zero-order chi connectivity index (χ0) is 19.5. The molecule has 0 heterocycles. The monoisotopic (exact) mass is 384 g/mol. The Kier molecular flexibility index (Phi) is 8.32. The quantitative estimate of drug-likeness (QED) is 0.377. The highest BCUT2D eigenvalue weighted by Gasteiger charge is 2.14. The van der Waals surface area contributed by atoms with E-state index in [-0.39, 0.29) is 11.0 Å². The van der Waals surface area contributed by atoms with Crippen molar-refractivity contribution < 1.29 is 14.3 Å². The molecule has 2 aromatic carbocycles. The second kappa shape index (κ2) is 11.0. The van der Waals surface area contributed by atoms with Crippen LogP contribution >= 0.6 is 12.2 Å².